The number of benzene rings is 1. The van der Waals surface area contributed by atoms with Crippen LogP contribution < -0.4 is 5.32 Å². The summed E-state index contributed by atoms with van der Waals surface area (Å²) in [6.07, 6.45) is 1.61. The Morgan fingerprint density at radius 3 is 2.73 bits per heavy atom. The second-order valence-corrected chi connectivity index (χ2v) is 8.53. The molecule has 0 bridgehead atoms. The van der Waals surface area contributed by atoms with Gasteiger partial charge in [0.05, 0.1) is 23.5 Å². The smallest absolute Gasteiger partial charge is 0.253 e. The number of hydrogen-bond donors (Lipinski definition) is 1. The lowest BCUT2D eigenvalue weighted by Gasteiger charge is -2.34. The van der Waals surface area contributed by atoms with E-state index in [0.717, 1.165) is 24.6 Å². The molecule has 0 aliphatic carbocycles. The van der Waals surface area contributed by atoms with E-state index in [0.29, 0.717) is 40.2 Å². The Labute approximate surface area is 183 Å². The molecule has 1 saturated heterocycles. The van der Waals surface area contributed by atoms with Crippen LogP contribution in [0, 0.1) is 11.3 Å². The average molecular weight is 439 g/mol. The predicted octanol–water partition coefficient (Wildman–Crippen LogP) is 3.76. The summed E-state index contributed by atoms with van der Waals surface area (Å²) in [7, 11) is 0. The number of pyridine rings is 1. The van der Waals surface area contributed by atoms with Crippen molar-refractivity contribution in [3.05, 3.63) is 69.8 Å². The van der Waals surface area contributed by atoms with Crippen molar-refractivity contribution in [3.8, 4) is 6.07 Å². The van der Waals surface area contributed by atoms with E-state index in [2.05, 4.69) is 26.3 Å². The highest BCUT2D eigenvalue weighted by atomic mass is 35.5. The van der Waals surface area contributed by atoms with Gasteiger partial charge in [-0.05, 0) is 30.3 Å². The van der Waals surface area contributed by atoms with Gasteiger partial charge in [0.25, 0.3) is 5.91 Å². The fraction of sp³-hybridized carbons (Fsp3) is 0.238. The minimum Gasteiger partial charge on any atom is -0.336 e. The molecule has 1 amide bonds. The van der Waals surface area contributed by atoms with Crippen molar-refractivity contribution < 1.29 is 4.79 Å². The number of halogens is 1. The van der Waals surface area contributed by atoms with Crippen LogP contribution in [0.3, 0.4) is 0 Å². The molecule has 1 aliphatic rings. The molecule has 1 aromatic carbocycles. The van der Waals surface area contributed by atoms with Crippen LogP contribution >= 0.6 is 22.9 Å². The average Bonchev–Trinajstić information content (AvgIpc) is 3.18. The number of thiazole rings is 1. The molecule has 30 heavy (non-hydrogen) atoms. The molecule has 9 heteroatoms. The van der Waals surface area contributed by atoms with Crippen LogP contribution in [-0.4, -0.2) is 51.9 Å². The largest absolute Gasteiger partial charge is 0.336 e. The van der Waals surface area contributed by atoms with Gasteiger partial charge in [0.15, 0.2) is 5.13 Å². The molecule has 7 nitrogen and oxygen atoms in total. The zero-order valence-electron chi connectivity index (χ0n) is 16.1. The van der Waals surface area contributed by atoms with E-state index >= 15 is 0 Å². The first-order chi connectivity index (χ1) is 14.6. The van der Waals surface area contributed by atoms with Gasteiger partial charge in [-0.1, -0.05) is 35.1 Å². The minimum atomic E-state index is -0.0295. The topological polar surface area (TPSA) is 85.2 Å². The van der Waals surface area contributed by atoms with Crippen LogP contribution in [0.1, 0.15) is 21.6 Å². The molecule has 1 N–H and O–H groups in total. The predicted molar refractivity (Wildman–Crippen MR) is 117 cm³/mol. The van der Waals surface area contributed by atoms with Crippen LogP contribution in [0.15, 0.2) is 48.7 Å². The number of nitriles is 1. The van der Waals surface area contributed by atoms with Crippen molar-refractivity contribution in [3.63, 3.8) is 0 Å². The van der Waals surface area contributed by atoms with Gasteiger partial charge < -0.3 is 10.2 Å². The maximum Gasteiger partial charge on any atom is 0.253 e. The summed E-state index contributed by atoms with van der Waals surface area (Å²) in [4.78, 5) is 25.7. The maximum absolute atomic E-state index is 12.7. The Kier molecular flexibility index (Phi) is 6.23. The molecule has 0 spiro atoms. The maximum atomic E-state index is 12.7. The molecule has 0 atom stereocenters. The zero-order chi connectivity index (χ0) is 20.9. The van der Waals surface area contributed by atoms with Gasteiger partial charge in [-0.15, -0.1) is 0 Å². The lowest BCUT2D eigenvalue weighted by Crippen LogP contribution is -2.48. The van der Waals surface area contributed by atoms with Crippen molar-refractivity contribution in [2.75, 3.05) is 31.5 Å². The summed E-state index contributed by atoms with van der Waals surface area (Å²) < 4.78 is 0.625. The molecular formula is C21H19ClN6OS. The van der Waals surface area contributed by atoms with E-state index in [1.54, 1.807) is 30.5 Å². The normalized spacial score (nSPS) is 14.3. The summed E-state index contributed by atoms with van der Waals surface area (Å²) in [5, 5.41) is 12.9. The number of anilines is 2. The number of hydrogen-bond acceptors (Lipinski definition) is 7. The summed E-state index contributed by atoms with van der Waals surface area (Å²) in [6, 6.07) is 14.8. The van der Waals surface area contributed by atoms with E-state index in [4.69, 9.17) is 16.9 Å². The van der Waals surface area contributed by atoms with Crippen molar-refractivity contribution >= 4 is 39.8 Å². The van der Waals surface area contributed by atoms with E-state index in [9.17, 15) is 4.79 Å². The second kappa shape index (κ2) is 9.22. The molecule has 1 aliphatic heterocycles. The van der Waals surface area contributed by atoms with Gasteiger partial charge in [-0.3, -0.25) is 9.69 Å². The summed E-state index contributed by atoms with van der Waals surface area (Å²) in [6.45, 7) is 3.53. The van der Waals surface area contributed by atoms with Crippen molar-refractivity contribution in [1.82, 2.24) is 19.8 Å². The molecule has 1 fully saturated rings. The Bertz CT molecular complexity index is 1090. The SMILES string of the molecule is N#Cc1cccc(C(=O)N2CCN(Cc3cccc(Nc4ncc(Cl)s4)n3)CC2)c1. The van der Waals surface area contributed by atoms with Gasteiger partial charge in [0.1, 0.15) is 10.2 Å². The van der Waals surface area contributed by atoms with Crippen LogP contribution in [0.2, 0.25) is 4.34 Å². The van der Waals surface area contributed by atoms with Crippen molar-refractivity contribution in [2.45, 2.75) is 6.54 Å². The lowest BCUT2D eigenvalue weighted by molar-refractivity contribution is 0.0627. The number of rotatable bonds is 5. The molecule has 0 radical (unpaired) electrons. The third-order valence-corrected chi connectivity index (χ3v) is 5.83. The molecule has 0 saturated carbocycles. The van der Waals surface area contributed by atoms with Gasteiger partial charge >= 0.3 is 0 Å². The van der Waals surface area contributed by atoms with Gasteiger partial charge in [0, 0.05) is 38.3 Å². The van der Waals surface area contributed by atoms with E-state index in [-0.39, 0.29) is 5.91 Å². The highest BCUT2D eigenvalue weighted by Gasteiger charge is 2.22. The fourth-order valence-corrected chi connectivity index (χ4v) is 4.12. The molecule has 2 aromatic heterocycles. The van der Waals surface area contributed by atoms with Gasteiger partial charge in [0.2, 0.25) is 0 Å². The number of nitrogens with one attached hydrogen (secondary N) is 1. The third kappa shape index (κ3) is 4.94. The molecule has 3 heterocycles. The Balaban J connectivity index is 1.33. The molecule has 152 valence electrons. The van der Waals surface area contributed by atoms with E-state index in [1.807, 2.05) is 23.1 Å². The first-order valence-corrected chi connectivity index (χ1v) is 10.7. The van der Waals surface area contributed by atoms with Crippen molar-refractivity contribution in [1.29, 1.82) is 5.26 Å². The summed E-state index contributed by atoms with van der Waals surface area (Å²) in [5.41, 5.74) is 2.01. The van der Waals surface area contributed by atoms with Crippen LogP contribution in [0.5, 0.6) is 0 Å². The quantitative estimate of drug-likeness (QED) is 0.652. The van der Waals surface area contributed by atoms with Crippen LogP contribution in [-0.2, 0) is 6.54 Å². The summed E-state index contributed by atoms with van der Waals surface area (Å²) in [5.74, 6) is 0.697. The molecule has 0 unspecified atom stereocenters. The van der Waals surface area contributed by atoms with Crippen LogP contribution in [0.25, 0.3) is 0 Å². The van der Waals surface area contributed by atoms with E-state index < -0.39 is 0 Å². The molecular weight excluding hydrogens is 420 g/mol. The monoisotopic (exact) mass is 438 g/mol. The third-order valence-electron chi connectivity index (χ3n) is 4.80. The number of amides is 1. The first-order valence-electron chi connectivity index (χ1n) is 9.47. The highest BCUT2D eigenvalue weighted by molar-refractivity contribution is 7.19. The molecule has 4 rings (SSSR count). The van der Waals surface area contributed by atoms with Crippen molar-refractivity contribution in [2.24, 2.45) is 0 Å². The summed E-state index contributed by atoms with van der Waals surface area (Å²) >= 11 is 7.29. The standard InChI is InChI=1S/C21H19ClN6OS/c22-18-13-24-21(30-18)26-19-6-2-5-17(25-19)14-27-7-9-28(10-8-27)20(29)16-4-1-3-15(11-16)12-23/h1-6,11,13H,7-10,14H2,(H,24,25,26). The number of nitrogens with zero attached hydrogens (tertiary/aromatic N) is 5. The second-order valence-electron chi connectivity index (χ2n) is 6.87. The molecule has 3 aromatic rings. The van der Waals surface area contributed by atoms with Crippen LogP contribution in [0.4, 0.5) is 10.9 Å². The fourth-order valence-electron chi connectivity index (χ4n) is 3.30. The Hall–Kier alpha value is -2.99. The van der Waals surface area contributed by atoms with E-state index in [1.165, 1.54) is 11.3 Å². The lowest BCUT2D eigenvalue weighted by atomic mass is 10.1. The number of piperazine rings is 1. The minimum absolute atomic E-state index is 0.0295. The number of aromatic nitrogens is 2. The Morgan fingerprint density at radius 2 is 2.00 bits per heavy atom. The Morgan fingerprint density at radius 1 is 1.20 bits per heavy atom. The van der Waals surface area contributed by atoms with Gasteiger partial charge in [-0.2, -0.15) is 5.26 Å². The highest BCUT2D eigenvalue weighted by Crippen LogP contribution is 2.25. The number of carbonyl (C=O) groups is 1. The number of carbonyl (C=O) groups excluding carboxylic acids is 1. The van der Waals surface area contributed by atoms with Gasteiger partial charge in [-0.25, -0.2) is 9.97 Å². The first kappa shape index (κ1) is 20.3. The zero-order valence-corrected chi connectivity index (χ0v) is 17.7.